The van der Waals surface area contributed by atoms with E-state index in [0.29, 0.717) is 10.2 Å². The van der Waals surface area contributed by atoms with Crippen LogP contribution in [-0.2, 0) is 9.84 Å². The quantitative estimate of drug-likeness (QED) is 0.379. The molecule has 1 heterocycles. The Morgan fingerprint density at radius 1 is 1.17 bits per heavy atom. The fourth-order valence-electron chi connectivity index (χ4n) is 3.36. The molecule has 3 rings (SSSR count). The van der Waals surface area contributed by atoms with Gasteiger partial charge < -0.3 is 10.0 Å². The molecule has 0 radical (unpaired) electrons. The van der Waals surface area contributed by atoms with Gasteiger partial charge in [-0.25, -0.2) is 23.0 Å². The van der Waals surface area contributed by atoms with E-state index in [1.807, 2.05) is 0 Å². The molecule has 36 heavy (non-hydrogen) atoms. The van der Waals surface area contributed by atoms with Gasteiger partial charge in [-0.2, -0.15) is 0 Å². The van der Waals surface area contributed by atoms with Crippen molar-refractivity contribution in [2.75, 3.05) is 11.9 Å². The average Bonchev–Trinajstić information content (AvgIpc) is 3.18. The predicted octanol–water partition coefficient (Wildman–Crippen LogP) is 4.85. The summed E-state index contributed by atoms with van der Waals surface area (Å²) in [6.07, 6.45) is -1.20. The summed E-state index contributed by atoms with van der Waals surface area (Å²) >= 11 is 7.00. The largest absolute Gasteiger partial charge is 0.465 e. The van der Waals surface area contributed by atoms with Crippen molar-refractivity contribution in [2.45, 2.75) is 43.4 Å². The lowest BCUT2D eigenvalue weighted by Crippen LogP contribution is -2.49. The number of imide groups is 1. The molecule has 192 valence electrons. The maximum Gasteiger partial charge on any atom is 0.407 e. The number of nitrogens with zero attached hydrogens (tertiary/aromatic N) is 2. The number of urea groups is 1. The van der Waals surface area contributed by atoms with E-state index in [4.69, 9.17) is 11.6 Å². The van der Waals surface area contributed by atoms with Crippen molar-refractivity contribution >= 4 is 66.2 Å². The van der Waals surface area contributed by atoms with Gasteiger partial charge in [0.05, 0.1) is 30.4 Å². The van der Waals surface area contributed by atoms with Crippen LogP contribution in [0.25, 0.3) is 10.2 Å². The zero-order chi connectivity index (χ0) is 26.8. The summed E-state index contributed by atoms with van der Waals surface area (Å²) in [4.78, 5) is 41.5. The first kappa shape index (κ1) is 27.4. The van der Waals surface area contributed by atoms with E-state index in [-0.39, 0.29) is 27.2 Å². The highest BCUT2D eigenvalue weighted by atomic mass is 35.5. The summed E-state index contributed by atoms with van der Waals surface area (Å²) in [5.41, 5.74) is 0.578. The summed E-state index contributed by atoms with van der Waals surface area (Å²) in [7, 11) is -3.94. The number of thiazole rings is 1. The van der Waals surface area contributed by atoms with Crippen molar-refractivity contribution < 1.29 is 27.9 Å². The SMILES string of the molecule is CC(C)N(CC(C)(C)S(=O)(=O)c1ccc2nc(NC(=O)NC(=O)c3ccccc3Cl)sc2c1)C(=O)O. The van der Waals surface area contributed by atoms with Gasteiger partial charge in [0.2, 0.25) is 0 Å². The molecular weight excluding hydrogens is 528 g/mol. The minimum atomic E-state index is -3.94. The minimum Gasteiger partial charge on any atom is -0.465 e. The van der Waals surface area contributed by atoms with Gasteiger partial charge in [0.1, 0.15) is 0 Å². The van der Waals surface area contributed by atoms with Crippen LogP contribution in [0.4, 0.5) is 14.7 Å². The van der Waals surface area contributed by atoms with Crippen molar-refractivity contribution in [3.05, 3.63) is 53.1 Å². The molecule has 3 aromatic rings. The van der Waals surface area contributed by atoms with E-state index < -0.39 is 38.7 Å². The van der Waals surface area contributed by atoms with Gasteiger partial charge in [-0.1, -0.05) is 35.1 Å². The Morgan fingerprint density at radius 2 is 1.83 bits per heavy atom. The van der Waals surface area contributed by atoms with Crippen LogP contribution in [0.15, 0.2) is 47.4 Å². The van der Waals surface area contributed by atoms with Crippen LogP contribution in [0.2, 0.25) is 5.02 Å². The summed E-state index contributed by atoms with van der Waals surface area (Å²) in [6, 6.07) is 9.38. The maximum absolute atomic E-state index is 13.4. The molecule has 4 amide bonds. The van der Waals surface area contributed by atoms with E-state index in [9.17, 15) is 27.9 Å². The Bertz CT molecular complexity index is 1440. The molecule has 3 N–H and O–H groups in total. The van der Waals surface area contributed by atoms with Gasteiger partial charge in [0, 0.05) is 12.6 Å². The number of carboxylic acid groups (broad SMARTS) is 1. The fourth-order valence-corrected chi connectivity index (χ4v) is 6.02. The van der Waals surface area contributed by atoms with Crippen LogP contribution in [0.1, 0.15) is 38.1 Å². The van der Waals surface area contributed by atoms with Crippen LogP contribution in [0.3, 0.4) is 0 Å². The molecule has 0 fully saturated rings. The third-order valence-corrected chi connectivity index (χ3v) is 9.11. The highest BCUT2D eigenvalue weighted by Crippen LogP contribution is 2.32. The predicted molar refractivity (Wildman–Crippen MR) is 139 cm³/mol. The molecule has 0 aliphatic rings. The van der Waals surface area contributed by atoms with Crippen molar-refractivity contribution in [2.24, 2.45) is 0 Å². The normalized spacial score (nSPS) is 11.9. The molecule has 0 saturated heterocycles. The Labute approximate surface area is 217 Å². The lowest BCUT2D eigenvalue weighted by Gasteiger charge is -2.33. The Balaban J connectivity index is 1.79. The Hall–Kier alpha value is -3.22. The number of hydrogen-bond acceptors (Lipinski definition) is 7. The standard InChI is InChI=1S/C23H25ClN4O6S2/c1-13(2)28(22(31)32)12-23(3,4)36(33,34)14-9-10-17-18(11-14)35-21(25-17)27-20(30)26-19(29)15-7-5-6-8-16(15)24/h5-11,13H,12H2,1-4H3,(H,31,32)(H2,25,26,27,29,30). The number of anilines is 1. The molecule has 13 heteroatoms. The van der Waals surface area contributed by atoms with Gasteiger partial charge in [0.25, 0.3) is 5.91 Å². The number of nitrogens with one attached hydrogen (secondary N) is 2. The second-order valence-corrected chi connectivity index (χ2v) is 12.8. The van der Waals surface area contributed by atoms with Crippen LogP contribution in [0, 0.1) is 0 Å². The van der Waals surface area contributed by atoms with Crippen LogP contribution in [0.5, 0.6) is 0 Å². The molecular formula is C23H25ClN4O6S2. The monoisotopic (exact) mass is 552 g/mol. The van der Waals surface area contributed by atoms with Crippen molar-refractivity contribution in [1.29, 1.82) is 0 Å². The highest BCUT2D eigenvalue weighted by Gasteiger charge is 2.39. The van der Waals surface area contributed by atoms with E-state index in [1.165, 1.54) is 44.2 Å². The number of rotatable bonds is 7. The number of hydrogen-bond donors (Lipinski definition) is 3. The summed E-state index contributed by atoms with van der Waals surface area (Å²) in [5, 5.41) is 14.4. The number of carbonyl (C=O) groups is 3. The molecule has 0 unspecified atom stereocenters. The molecule has 0 atom stereocenters. The van der Waals surface area contributed by atoms with Gasteiger partial charge in [-0.15, -0.1) is 0 Å². The topological polar surface area (TPSA) is 146 Å². The second kappa shape index (κ2) is 10.4. The zero-order valence-corrected chi connectivity index (χ0v) is 22.3. The molecule has 1 aromatic heterocycles. The molecule has 0 spiro atoms. The van der Waals surface area contributed by atoms with Crippen LogP contribution in [-0.4, -0.2) is 58.8 Å². The minimum absolute atomic E-state index is 0.00245. The van der Waals surface area contributed by atoms with Crippen LogP contribution >= 0.6 is 22.9 Å². The third-order valence-electron chi connectivity index (χ3n) is 5.38. The first-order valence-corrected chi connectivity index (χ1v) is 13.4. The number of halogens is 1. The van der Waals surface area contributed by atoms with Crippen molar-refractivity contribution in [3.8, 4) is 0 Å². The third kappa shape index (κ3) is 5.77. The Kier molecular flexibility index (Phi) is 7.91. The van der Waals surface area contributed by atoms with Gasteiger partial charge >= 0.3 is 12.1 Å². The van der Waals surface area contributed by atoms with Gasteiger partial charge in [-0.05, 0) is 58.0 Å². The lowest BCUT2D eigenvalue weighted by atomic mass is 10.2. The van der Waals surface area contributed by atoms with Gasteiger partial charge in [-0.3, -0.25) is 15.4 Å². The molecule has 0 aliphatic carbocycles. The number of aromatic nitrogens is 1. The highest BCUT2D eigenvalue weighted by molar-refractivity contribution is 7.92. The van der Waals surface area contributed by atoms with E-state index >= 15 is 0 Å². The average molecular weight is 553 g/mol. The first-order chi connectivity index (χ1) is 16.7. The molecule has 0 aliphatic heterocycles. The van der Waals surface area contributed by atoms with E-state index in [0.717, 1.165) is 16.2 Å². The summed E-state index contributed by atoms with van der Waals surface area (Å²) in [6.45, 7) is 6.09. The first-order valence-electron chi connectivity index (χ1n) is 10.7. The molecule has 0 bridgehead atoms. The van der Waals surface area contributed by atoms with Crippen molar-refractivity contribution in [3.63, 3.8) is 0 Å². The van der Waals surface area contributed by atoms with Crippen LogP contribution < -0.4 is 10.6 Å². The number of fused-ring (bicyclic) bond motifs is 1. The molecule has 2 aromatic carbocycles. The maximum atomic E-state index is 13.4. The fraction of sp³-hybridized carbons (Fsp3) is 0.304. The van der Waals surface area contributed by atoms with E-state index in [1.54, 1.807) is 26.0 Å². The number of carbonyl (C=O) groups excluding carboxylic acids is 2. The summed E-state index contributed by atoms with van der Waals surface area (Å²) < 4.78 is 25.8. The molecule has 10 nitrogen and oxygen atoms in total. The number of benzene rings is 2. The zero-order valence-electron chi connectivity index (χ0n) is 19.9. The number of amides is 4. The van der Waals surface area contributed by atoms with Crippen molar-refractivity contribution in [1.82, 2.24) is 15.2 Å². The number of sulfone groups is 1. The molecule has 0 saturated carbocycles. The lowest BCUT2D eigenvalue weighted by molar-refractivity contribution is 0.0967. The second-order valence-electron chi connectivity index (χ2n) is 8.80. The van der Waals surface area contributed by atoms with Gasteiger partial charge in [0.15, 0.2) is 15.0 Å². The summed E-state index contributed by atoms with van der Waals surface area (Å²) in [5.74, 6) is -0.688. The smallest absolute Gasteiger partial charge is 0.407 e. The van der Waals surface area contributed by atoms with E-state index in [2.05, 4.69) is 15.6 Å². The Morgan fingerprint density at radius 3 is 2.44 bits per heavy atom.